The smallest absolute Gasteiger partial charge is 0.266 e. The quantitative estimate of drug-likeness (QED) is 0.408. The number of carbonyl (C=O) groups excluding carboxylic acids is 2. The second kappa shape index (κ2) is 8.04. The normalized spacial score (nSPS) is 22.8. The molecular formula is C24H19ClN2O3S. The number of carbonyl (C=O) groups is 2. The van der Waals surface area contributed by atoms with E-state index in [1.54, 1.807) is 41.1 Å². The number of nitrogens with zero attached hydrogens (tertiary/aromatic N) is 2. The predicted octanol–water partition coefficient (Wildman–Crippen LogP) is 5.11. The second-order valence-electron chi connectivity index (χ2n) is 7.42. The van der Waals surface area contributed by atoms with Crippen molar-refractivity contribution in [2.75, 3.05) is 16.2 Å². The lowest BCUT2D eigenvalue weighted by Gasteiger charge is -2.28. The molecule has 2 saturated heterocycles. The Balaban J connectivity index is 1.57. The zero-order valence-electron chi connectivity index (χ0n) is 16.6. The monoisotopic (exact) mass is 450 g/mol. The second-order valence-corrected chi connectivity index (χ2v) is 8.74. The highest BCUT2D eigenvalue weighted by Gasteiger charge is 2.60. The Morgan fingerprint density at radius 2 is 1.52 bits per heavy atom. The molecule has 31 heavy (non-hydrogen) atoms. The summed E-state index contributed by atoms with van der Waals surface area (Å²) in [7, 11) is 0. The van der Waals surface area contributed by atoms with Crippen LogP contribution in [0.5, 0.6) is 0 Å². The topological polar surface area (TPSA) is 49.9 Å². The number of hydrogen-bond acceptors (Lipinski definition) is 5. The Bertz CT molecular complexity index is 1120. The summed E-state index contributed by atoms with van der Waals surface area (Å²) >= 11 is 7.63. The molecule has 0 spiro atoms. The number of hydroxylamine groups is 1. The van der Waals surface area contributed by atoms with Crippen LogP contribution in [0.2, 0.25) is 5.02 Å². The van der Waals surface area contributed by atoms with Crippen molar-refractivity contribution in [3.63, 3.8) is 0 Å². The molecule has 2 fully saturated rings. The minimum atomic E-state index is -0.881. The zero-order chi connectivity index (χ0) is 21.5. The van der Waals surface area contributed by atoms with E-state index in [2.05, 4.69) is 0 Å². The van der Waals surface area contributed by atoms with E-state index in [4.69, 9.17) is 16.4 Å². The van der Waals surface area contributed by atoms with Crippen LogP contribution in [0.4, 0.5) is 11.4 Å². The molecule has 7 heteroatoms. The fourth-order valence-corrected chi connectivity index (χ4v) is 4.73. The highest BCUT2D eigenvalue weighted by Crippen LogP contribution is 2.47. The molecular weight excluding hydrogens is 432 g/mol. The van der Waals surface area contributed by atoms with E-state index >= 15 is 0 Å². The number of para-hydroxylation sites is 1. The molecule has 2 aliphatic heterocycles. The van der Waals surface area contributed by atoms with Gasteiger partial charge in [-0.15, -0.1) is 11.8 Å². The summed E-state index contributed by atoms with van der Waals surface area (Å²) in [5.41, 5.74) is 2.22. The molecule has 3 aromatic rings. The van der Waals surface area contributed by atoms with Crippen molar-refractivity contribution in [3.8, 4) is 0 Å². The van der Waals surface area contributed by atoms with Crippen molar-refractivity contribution in [2.24, 2.45) is 5.92 Å². The molecule has 0 bridgehead atoms. The number of anilines is 2. The first-order valence-corrected chi connectivity index (χ1v) is 11.5. The third-order valence-corrected chi connectivity index (χ3v) is 6.66. The van der Waals surface area contributed by atoms with Crippen LogP contribution in [0.3, 0.4) is 0 Å². The number of fused-ring (bicyclic) bond motifs is 1. The molecule has 0 aromatic heterocycles. The average Bonchev–Trinajstić information content (AvgIpc) is 3.31. The number of thioether (sulfide) groups is 1. The first kappa shape index (κ1) is 20.1. The summed E-state index contributed by atoms with van der Waals surface area (Å²) in [6.07, 6.45) is 1.14. The SMILES string of the molecule is CSc1ccc([C@@H]2[C@@H]3C(=O)N(c4ccc(Cl)cc4)C(=O)[C@H]3ON2c2ccccc2)cc1. The van der Waals surface area contributed by atoms with Crippen LogP contribution in [0, 0.1) is 5.92 Å². The van der Waals surface area contributed by atoms with Crippen molar-refractivity contribution in [1.82, 2.24) is 0 Å². The number of halogens is 1. The summed E-state index contributed by atoms with van der Waals surface area (Å²) in [6.45, 7) is 0. The average molecular weight is 451 g/mol. The van der Waals surface area contributed by atoms with Gasteiger partial charge in [-0.05, 0) is 60.4 Å². The van der Waals surface area contributed by atoms with Gasteiger partial charge in [-0.25, -0.2) is 9.96 Å². The number of amides is 2. The van der Waals surface area contributed by atoms with Gasteiger partial charge in [-0.1, -0.05) is 41.9 Å². The molecule has 0 N–H and O–H groups in total. The predicted molar refractivity (Wildman–Crippen MR) is 122 cm³/mol. The van der Waals surface area contributed by atoms with E-state index in [-0.39, 0.29) is 11.8 Å². The number of hydrogen-bond donors (Lipinski definition) is 0. The Morgan fingerprint density at radius 3 is 2.16 bits per heavy atom. The van der Waals surface area contributed by atoms with E-state index in [1.807, 2.05) is 60.9 Å². The molecule has 0 saturated carbocycles. The van der Waals surface area contributed by atoms with Crippen LogP contribution in [0.1, 0.15) is 11.6 Å². The fourth-order valence-electron chi connectivity index (χ4n) is 4.20. The highest BCUT2D eigenvalue weighted by atomic mass is 35.5. The maximum atomic E-state index is 13.5. The Labute approximate surface area is 189 Å². The van der Waals surface area contributed by atoms with Crippen LogP contribution in [0.15, 0.2) is 83.8 Å². The zero-order valence-corrected chi connectivity index (χ0v) is 18.2. The van der Waals surface area contributed by atoms with Crippen molar-refractivity contribution >= 4 is 46.6 Å². The molecule has 0 radical (unpaired) electrons. The largest absolute Gasteiger partial charge is 0.273 e. The third-order valence-electron chi connectivity index (χ3n) is 5.67. The summed E-state index contributed by atoms with van der Waals surface area (Å²) in [5.74, 6) is -1.28. The van der Waals surface area contributed by atoms with E-state index in [1.165, 1.54) is 4.90 Å². The van der Waals surface area contributed by atoms with Crippen molar-refractivity contribution in [3.05, 3.63) is 89.4 Å². The summed E-state index contributed by atoms with van der Waals surface area (Å²) in [5, 5.41) is 2.25. The molecule has 0 unspecified atom stereocenters. The van der Waals surface area contributed by atoms with E-state index in [0.717, 1.165) is 16.1 Å². The third kappa shape index (κ3) is 3.41. The van der Waals surface area contributed by atoms with Crippen LogP contribution in [0.25, 0.3) is 0 Å². The molecule has 3 atom stereocenters. The van der Waals surface area contributed by atoms with Gasteiger partial charge in [0.05, 0.1) is 17.4 Å². The minimum absolute atomic E-state index is 0.269. The van der Waals surface area contributed by atoms with Gasteiger partial charge in [0, 0.05) is 9.92 Å². The standard InChI is InChI=1S/C24H19ClN2O3S/c1-31-19-13-7-15(8-14-19)21-20-22(30-27(21)18-5-3-2-4-6-18)24(29)26(23(20)28)17-11-9-16(25)10-12-17/h2-14,20-22H,1H3/t20-,21+,22-/m0/s1. The fraction of sp³-hybridized carbons (Fsp3) is 0.167. The maximum Gasteiger partial charge on any atom is 0.266 e. The van der Waals surface area contributed by atoms with Crippen LogP contribution < -0.4 is 9.96 Å². The van der Waals surface area contributed by atoms with Crippen molar-refractivity contribution in [1.29, 1.82) is 0 Å². The summed E-state index contributed by atoms with van der Waals surface area (Å²) in [4.78, 5) is 35.3. The van der Waals surface area contributed by atoms with Gasteiger partial charge < -0.3 is 0 Å². The molecule has 2 aliphatic rings. The van der Waals surface area contributed by atoms with Crippen LogP contribution >= 0.6 is 23.4 Å². The minimum Gasteiger partial charge on any atom is -0.273 e. The maximum absolute atomic E-state index is 13.5. The van der Waals surface area contributed by atoms with Gasteiger partial charge in [0.1, 0.15) is 5.92 Å². The number of imide groups is 1. The summed E-state index contributed by atoms with van der Waals surface area (Å²) < 4.78 is 0. The molecule has 156 valence electrons. The lowest BCUT2D eigenvalue weighted by atomic mass is 9.90. The van der Waals surface area contributed by atoms with Crippen LogP contribution in [-0.4, -0.2) is 24.2 Å². The molecule has 2 heterocycles. The first-order chi connectivity index (χ1) is 15.1. The summed E-state index contributed by atoms with van der Waals surface area (Å²) in [6, 6.07) is 23.9. The van der Waals surface area contributed by atoms with Gasteiger partial charge in [0.2, 0.25) is 5.91 Å². The molecule has 3 aromatic carbocycles. The van der Waals surface area contributed by atoms with Crippen molar-refractivity contribution in [2.45, 2.75) is 17.0 Å². The van der Waals surface area contributed by atoms with E-state index in [9.17, 15) is 9.59 Å². The lowest BCUT2D eigenvalue weighted by Crippen LogP contribution is -2.37. The Morgan fingerprint density at radius 1 is 0.839 bits per heavy atom. The molecule has 5 nitrogen and oxygen atoms in total. The van der Waals surface area contributed by atoms with Crippen LogP contribution in [-0.2, 0) is 14.4 Å². The Hall–Kier alpha value is -2.80. The number of benzene rings is 3. The Kier molecular flexibility index (Phi) is 5.22. The van der Waals surface area contributed by atoms with Crippen molar-refractivity contribution < 1.29 is 14.4 Å². The van der Waals surface area contributed by atoms with Gasteiger partial charge in [0.25, 0.3) is 5.91 Å². The van der Waals surface area contributed by atoms with E-state index < -0.39 is 18.1 Å². The lowest BCUT2D eigenvalue weighted by molar-refractivity contribution is -0.126. The van der Waals surface area contributed by atoms with Gasteiger partial charge in [0.15, 0.2) is 6.10 Å². The van der Waals surface area contributed by atoms with E-state index in [0.29, 0.717) is 10.7 Å². The highest BCUT2D eigenvalue weighted by molar-refractivity contribution is 7.98. The van der Waals surface area contributed by atoms with Gasteiger partial charge in [-0.2, -0.15) is 0 Å². The number of rotatable bonds is 4. The van der Waals surface area contributed by atoms with Gasteiger partial charge >= 0.3 is 0 Å². The molecule has 0 aliphatic carbocycles. The molecule has 2 amide bonds. The first-order valence-electron chi connectivity index (χ1n) is 9.87. The van der Waals surface area contributed by atoms with Gasteiger partial charge in [-0.3, -0.25) is 14.4 Å². The molecule has 5 rings (SSSR count).